The molecule has 2 aromatic rings. The highest BCUT2D eigenvalue weighted by Crippen LogP contribution is 2.30. The highest BCUT2D eigenvalue weighted by Gasteiger charge is 2.30. The largest absolute Gasteiger partial charge is 0.573 e. The van der Waals surface area contributed by atoms with Crippen molar-refractivity contribution < 1.29 is 36.2 Å². The first-order chi connectivity index (χ1) is 12.7. The monoisotopic (exact) mass is 391 g/mol. The van der Waals surface area contributed by atoms with Gasteiger partial charge in [-0.05, 0) is 42.4 Å². The van der Waals surface area contributed by atoms with Crippen molar-refractivity contribution in [2.24, 2.45) is 0 Å². The van der Waals surface area contributed by atoms with Gasteiger partial charge in [-0.2, -0.15) is 8.78 Å². The van der Waals surface area contributed by atoms with Gasteiger partial charge in [-0.25, -0.2) is 0 Å². The smallest absolute Gasteiger partial charge is 0.493 e. The number of nitrogens with zero attached hydrogens (tertiary/aromatic N) is 1. The summed E-state index contributed by atoms with van der Waals surface area (Å²) in [5.74, 6) is -0.151. The van der Waals surface area contributed by atoms with Crippen LogP contribution in [0.25, 0.3) is 0 Å². The van der Waals surface area contributed by atoms with E-state index in [2.05, 4.69) is 9.47 Å². The fraction of sp³-hybridized carbons (Fsp3) is 0.333. The van der Waals surface area contributed by atoms with Gasteiger partial charge in [0.1, 0.15) is 5.75 Å². The summed E-state index contributed by atoms with van der Waals surface area (Å²) in [6.45, 7) is -2.02. The average Bonchev–Trinajstić information content (AvgIpc) is 2.56. The lowest BCUT2D eigenvalue weighted by molar-refractivity contribution is -0.274. The molecule has 4 nitrogen and oxygen atoms in total. The SMILES string of the molecule is COc1cc(CN(C)Cc2ccc(OC(F)(F)F)cc2)ccc1OC(F)F. The molecule has 0 N–H and O–H groups in total. The number of methoxy groups -OCH3 is 1. The van der Waals surface area contributed by atoms with Gasteiger partial charge in [-0.3, -0.25) is 4.90 Å². The second-order valence-electron chi connectivity index (χ2n) is 5.73. The lowest BCUT2D eigenvalue weighted by Gasteiger charge is -2.18. The van der Waals surface area contributed by atoms with E-state index in [1.54, 1.807) is 12.1 Å². The molecule has 0 aliphatic heterocycles. The topological polar surface area (TPSA) is 30.9 Å². The number of alkyl halides is 5. The normalized spacial score (nSPS) is 11.7. The van der Waals surface area contributed by atoms with Crippen molar-refractivity contribution in [2.45, 2.75) is 26.1 Å². The lowest BCUT2D eigenvalue weighted by atomic mass is 10.1. The molecular weight excluding hydrogens is 373 g/mol. The third-order valence-electron chi connectivity index (χ3n) is 3.51. The minimum absolute atomic E-state index is 0.0563. The standard InChI is InChI=1S/C18H18F5NO3/c1-24(10-12-3-6-14(7-4-12)27-18(21,22)23)11-13-5-8-15(26-17(19)20)16(9-13)25-2/h3-9,17H,10-11H2,1-2H3. The van der Waals surface area contributed by atoms with Gasteiger partial charge in [0.05, 0.1) is 7.11 Å². The molecule has 0 saturated carbocycles. The molecule has 0 aromatic heterocycles. The molecule has 0 fully saturated rings. The Balaban J connectivity index is 1.98. The second kappa shape index (κ2) is 8.90. The number of ether oxygens (including phenoxy) is 3. The molecule has 0 aliphatic rings. The van der Waals surface area contributed by atoms with Crippen LogP contribution in [0.2, 0.25) is 0 Å². The summed E-state index contributed by atoms with van der Waals surface area (Å²) >= 11 is 0. The first kappa shape index (κ1) is 20.8. The maximum Gasteiger partial charge on any atom is 0.573 e. The van der Waals surface area contributed by atoms with Crippen LogP contribution in [0.1, 0.15) is 11.1 Å². The predicted molar refractivity (Wildman–Crippen MR) is 87.9 cm³/mol. The van der Waals surface area contributed by atoms with Crippen molar-refractivity contribution >= 4 is 0 Å². The van der Waals surface area contributed by atoms with E-state index in [0.717, 1.165) is 11.1 Å². The van der Waals surface area contributed by atoms with Crippen molar-refractivity contribution in [3.63, 3.8) is 0 Å². The summed E-state index contributed by atoms with van der Waals surface area (Å²) in [7, 11) is 3.17. The molecule has 0 bridgehead atoms. The average molecular weight is 391 g/mol. The number of benzene rings is 2. The van der Waals surface area contributed by atoms with Crippen LogP contribution in [-0.2, 0) is 13.1 Å². The molecular formula is C18H18F5NO3. The molecule has 0 spiro atoms. The summed E-state index contributed by atoms with van der Waals surface area (Å²) < 4.78 is 74.5. The molecule has 0 saturated heterocycles. The van der Waals surface area contributed by atoms with Crippen LogP contribution in [0.5, 0.6) is 17.2 Å². The van der Waals surface area contributed by atoms with Gasteiger partial charge in [0.25, 0.3) is 0 Å². The Morgan fingerprint density at radius 2 is 1.52 bits per heavy atom. The highest BCUT2D eigenvalue weighted by molar-refractivity contribution is 5.43. The zero-order valence-electron chi connectivity index (χ0n) is 14.6. The minimum atomic E-state index is -4.72. The lowest BCUT2D eigenvalue weighted by Crippen LogP contribution is -2.18. The van der Waals surface area contributed by atoms with Crippen LogP contribution in [0.15, 0.2) is 42.5 Å². The van der Waals surface area contributed by atoms with Gasteiger partial charge >= 0.3 is 13.0 Å². The number of rotatable bonds is 8. The number of hydrogen-bond donors (Lipinski definition) is 0. The molecule has 2 rings (SSSR count). The summed E-state index contributed by atoms with van der Waals surface area (Å²) in [5, 5.41) is 0. The van der Waals surface area contributed by atoms with Crippen LogP contribution in [-0.4, -0.2) is 32.0 Å². The molecule has 0 amide bonds. The van der Waals surface area contributed by atoms with Gasteiger partial charge in [0.15, 0.2) is 11.5 Å². The van der Waals surface area contributed by atoms with E-state index in [0.29, 0.717) is 13.1 Å². The predicted octanol–water partition coefficient (Wildman–Crippen LogP) is 4.83. The summed E-state index contributed by atoms with van der Waals surface area (Å²) in [4.78, 5) is 1.90. The fourth-order valence-corrected chi connectivity index (χ4v) is 2.48. The molecule has 0 atom stereocenters. The van der Waals surface area contributed by atoms with E-state index in [1.807, 2.05) is 11.9 Å². The van der Waals surface area contributed by atoms with Crippen LogP contribution in [0, 0.1) is 0 Å². The molecule has 0 heterocycles. The van der Waals surface area contributed by atoms with Crippen LogP contribution >= 0.6 is 0 Å². The van der Waals surface area contributed by atoms with Gasteiger partial charge in [-0.15, -0.1) is 13.2 Å². The van der Waals surface area contributed by atoms with Crippen molar-refractivity contribution in [1.29, 1.82) is 0 Å². The van der Waals surface area contributed by atoms with Crippen molar-refractivity contribution in [3.05, 3.63) is 53.6 Å². The van der Waals surface area contributed by atoms with Crippen LogP contribution < -0.4 is 14.2 Å². The van der Waals surface area contributed by atoms with E-state index in [1.165, 1.54) is 37.4 Å². The molecule has 2 aromatic carbocycles. The van der Waals surface area contributed by atoms with E-state index in [-0.39, 0.29) is 17.2 Å². The van der Waals surface area contributed by atoms with E-state index in [4.69, 9.17) is 4.74 Å². The van der Waals surface area contributed by atoms with E-state index >= 15 is 0 Å². The number of halogens is 5. The first-order valence-corrected chi connectivity index (χ1v) is 7.81. The molecule has 27 heavy (non-hydrogen) atoms. The quantitative estimate of drug-likeness (QED) is 0.604. The van der Waals surface area contributed by atoms with E-state index in [9.17, 15) is 22.0 Å². The van der Waals surface area contributed by atoms with Crippen LogP contribution in [0.4, 0.5) is 22.0 Å². The summed E-state index contributed by atoms with van der Waals surface area (Å²) in [6, 6.07) is 10.2. The summed E-state index contributed by atoms with van der Waals surface area (Å²) in [6.07, 6.45) is -4.72. The fourth-order valence-electron chi connectivity index (χ4n) is 2.48. The van der Waals surface area contributed by atoms with Gasteiger partial charge in [0.2, 0.25) is 0 Å². The first-order valence-electron chi connectivity index (χ1n) is 7.81. The Kier molecular flexibility index (Phi) is 6.84. The van der Waals surface area contributed by atoms with Gasteiger partial charge < -0.3 is 14.2 Å². The molecule has 148 valence electrons. The Labute approximate surface area is 153 Å². The molecule has 0 aliphatic carbocycles. The Morgan fingerprint density at radius 1 is 0.926 bits per heavy atom. The summed E-state index contributed by atoms with van der Waals surface area (Å²) in [5.41, 5.74) is 1.59. The van der Waals surface area contributed by atoms with Crippen molar-refractivity contribution in [3.8, 4) is 17.2 Å². The highest BCUT2D eigenvalue weighted by atomic mass is 19.4. The maximum absolute atomic E-state index is 12.4. The maximum atomic E-state index is 12.4. The third kappa shape index (κ3) is 6.93. The Hall–Kier alpha value is -2.55. The van der Waals surface area contributed by atoms with Crippen molar-refractivity contribution in [2.75, 3.05) is 14.2 Å². The third-order valence-corrected chi connectivity index (χ3v) is 3.51. The van der Waals surface area contributed by atoms with Crippen molar-refractivity contribution in [1.82, 2.24) is 4.90 Å². The number of hydrogen-bond acceptors (Lipinski definition) is 4. The Bertz CT molecular complexity index is 735. The zero-order valence-corrected chi connectivity index (χ0v) is 14.6. The van der Waals surface area contributed by atoms with E-state index < -0.39 is 13.0 Å². The zero-order chi connectivity index (χ0) is 20.0. The second-order valence-corrected chi connectivity index (χ2v) is 5.73. The molecule has 0 unspecified atom stereocenters. The van der Waals surface area contributed by atoms with Crippen LogP contribution in [0.3, 0.4) is 0 Å². The minimum Gasteiger partial charge on any atom is -0.493 e. The van der Waals surface area contributed by atoms with Gasteiger partial charge in [0, 0.05) is 13.1 Å². The molecule has 9 heteroatoms. The molecule has 0 radical (unpaired) electrons. The van der Waals surface area contributed by atoms with Gasteiger partial charge in [-0.1, -0.05) is 18.2 Å². The Morgan fingerprint density at radius 3 is 2.07 bits per heavy atom.